The Kier molecular flexibility index (Phi) is 34.4. The van der Waals surface area contributed by atoms with Crippen molar-refractivity contribution in [2.75, 3.05) is 32.7 Å². The van der Waals surface area contributed by atoms with E-state index >= 15 is 0 Å². The molecule has 28 heavy (non-hydrogen) atoms. The van der Waals surface area contributed by atoms with Gasteiger partial charge in [-0.05, 0) is 64.5 Å². The first-order chi connectivity index (χ1) is 13.1. The van der Waals surface area contributed by atoms with E-state index in [4.69, 9.17) is 17.3 Å². The van der Waals surface area contributed by atoms with Crippen LogP contribution in [0.15, 0.2) is 24.3 Å². The van der Waals surface area contributed by atoms with E-state index in [2.05, 4.69) is 58.0 Å². The zero-order valence-electron chi connectivity index (χ0n) is 19.5. The third kappa shape index (κ3) is 35.9. The molecule has 0 saturated heterocycles. The number of rotatable bonds is 10. The monoisotopic (exact) mass is 419 g/mol. The predicted octanol–water partition coefficient (Wildman–Crippen LogP) is 4.90. The molecule has 0 heterocycles. The van der Waals surface area contributed by atoms with Crippen LogP contribution < -0.4 is 11.1 Å². The average molecular weight is 420 g/mol. The molecule has 0 fully saturated rings. The fraction of sp³-hybridized carbons (Fsp3) is 0.727. The van der Waals surface area contributed by atoms with Crippen LogP contribution in [0.1, 0.15) is 74.1 Å². The molecule has 0 saturated carbocycles. The molecule has 0 unspecified atom stereocenters. The van der Waals surface area contributed by atoms with Crippen molar-refractivity contribution in [1.82, 2.24) is 10.2 Å². The third-order valence-electron chi connectivity index (χ3n) is 3.44. The van der Waals surface area contributed by atoms with Crippen molar-refractivity contribution in [3.8, 4) is 0 Å². The van der Waals surface area contributed by atoms with Gasteiger partial charge in [0.05, 0.1) is 0 Å². The predicted molar refractivity (Wildman–Crippen MR) is 126 cm³/mol. The summed E-state index contributed by atoms with van der Waals surface area (Å²) in [5.74, 6) is -0.0338. The molecule has 0 aromatic carbocycles. The van der Waals surface area contributed by atoms with E-state index in [1.165, 1.54) is 32.5 Å². The number of carbonyl (C=O) groups is 2. The molecule has 0 aliphatic rings. The molecule has 3 N–H and O–H groups in total. The molecule has 0 rings (SSSR count). The summed E-state index contributed by atoms with van der Waals surface area (Å²) in [5, 5.41) is 2.28. The number of hydrogen-bond donors (Lipinski definition) is 2. The summed E-state index contributed by atoms with van der Waals surface area (Å²) in [6, 6.07) is 0. The van der Waals surface area contributed by atoms with Crippen molar-refractivity contribution in [1.29, 1.82) is 0 Å². The topological polar surface area (TPSA) is 75.4 Å². The van der Waals surface area contributed by atoms with Gasteiger partial charge in [-0.25, -0.2) is 0 Å². The highest BCUT2D eigenvalue weighted by atomic mass is 35.5. The molecule has 0 atom stereocenters. The second-order valence-electron chi connectivity index (χ2n) is 6.21. The lowest BCUT2D eigenvalue weighted by atomic mass is 10.3. The maximum atomic E-state index is 10.8. The molecule has 0 radical (unpaired) electrons. The Hall–Kier alpha value is -1.17. The molecule has 0 aromatic rings. The Morgan fingerprint density at radius 3 is 1.43 bits per heavy atom. The first-order valence-electron chi connectivity index (χ1n) is 10.3. The number of allylic oxidation sites excluding steroid dienone is 1. The highest BCUT2D eigenvalue weighted by Gasteiger charge is 1.97. The van der Waals surface area contributed by atoms with E-state index in [9.17, 15) is 9.59 Å². The molecule has 5 nitrogen and oxygen atoms in total. The van der Waals surface area contributed by atoms with Crippen LogP contribution in [0.25, 0.3) is 0 Å². The standard InChI is InChI=1S/C8H15NO.C6H15N.C4H5ClO.C4H11N/c1-4-5-6-9-8(10)7(2)3;1-4-7(5-2)6-3;1-3(2)4(5)6;1-2-3-4-5/h2,4-6H2,1,3H3,(H,9,10);4-6H2,1-3H3;1H2,2H3;2-5H2,1H3. The molecule has 0 aliphatic carbocycles. The summed E-state index contributed by atoms with van der Waals surface area (Å²) in [4.78, 5) is 23.0. The second kappa shape index (κ2) is 28.0. The summed E-state index contributed by atoms with van der Waals surface area (Å²) < 4.78 is 0. The minimum absolute atomic E-state index is 0.0338. The second-order valence-corrected chi connectivity index (χ2v) is 6.55. The van der Waals surface area contributed by atoms with Crippen molar-refractivity contribution in [2.45, 2.75) is 74.1 Å². The van der Waals surface area contributed by atoms with Gasteiger partial charge in [-0.3, -0.25) is 9.59 Å². The molecule has 1 amide bonds. The lowest BCUT2D eigenvalue weighted by Gasteiger charge is -2.13. The SMILES string of the molecule is C=C(C)C(=O)Cl.C=C(C)C(=O)NCCCC.CCCCN.CCN(CC)CC. The summed E-state index contributed by atoms with van der Waals surface area (Å²) in [7, 11) is 0. The zero-order valence-corrected chi connectivity index (χ0v) is 20.3. The average Bonchev–Trinajstić information content (AvgIpc) is 2.65. The van der Waals surface area contributed by atoms with Crippen LogP contribution in [-0.2, 0) is 9.59 Å². The fourth-order valence-electron chi connectivity index (χ4n) is 1.40. The minimum atomic E-state index is -0.463. The van der Waals surface area contributed by atoms with Gasteiger partial charge in [0.2, 0.25) is 11.1 Å². The lowest BCUT2D eigenvalue weighted by molar-refractivity contribution is -0.117. The van der Waals surface area contributed by atoms with E-state index in [0.717, 1.165) is 25.9 Å². The van der Waals surface area contributed by atoms with Crippen molar-refractivity contribution in [3.05, 3.63) is 24.3 Å². The van der Waals surface area contributed by atoms with Gasteiger partial charge in [0.25, 0.3) is 0 Å². The van der Waals surface area contributed by atoms with Crippen LogP contribution in [0, 0.1) is 0 Å². The Morgan fingerprint density at radius 2 is 1.29 bits per heavy atom. The molecule has 0 spiro atoms. The zero-order chi connectivity index (χ0) is 23.0. The van der Waals surface area contributed by atoms with E-state index in [1.807, 2.05) is 0 Å². The third-order valence-corrected chi connectivity index (χ3v) is 3.76. The highest BCUT2D eigenvalue weighted by molar-refractivity contribution is 6.67. The molecular weight excluding hydrogens is 374 g/mol. The lowest BCUT2D eigenvalue weighted by Crippen LogP contribution is -2.24. The van der Waals surface area contributed by atoms with Gasteiger partial charge in [0.1, 0.15) is 0 Å². The Morgan fingerprint density at radius 1 is 0.893 bits per heavy atom. The maximum Gasteiger partial charge on any atom is 0.247 e. The van der Waals surface area contributed by atoms with Gasteiger partial charge in [0, 0.05) is 17.7 Å². The number of nitrogens with two attached hydrogens (primary N) is 1. The van der Waals surface area contributed by atoms with Gasteiger partial charge >= 0.3 is 0 Å². The Bertz CT molecular complexity index is 376. The quantitative estimate of drug-likeness (QED) is 0.300. The summed E-state index contributed by atoms with van der Waals surface area (Å²) >= 11 is 4.87. The van der Waals surface area contributed by atoms with Crippen LogP contribution in [0.5, 0.6) is 0 Å². The largest absolute Gasteiger partial charge is 0.352 e. The number of amides is 1. The van der Waals surface area contributed by atoms with E-state index in [0.29, 0.717) is 11.1 Å². The maximum absolute atomic E-state index is 10.8. The number of hydrogen-bond acceptors (Lipinski definition) is 4. The number of halogens is 1. The van der Waals surface area contributed by atoms with Crippen LogP contribution in [0.4, 0.5) is 0 Å². The van der Waals surface area contributed by atoms with Crippen LogP contribution in [-0.4, -0.2) is 48.8 Å². The van der Waals surface area contributed by atoms with Crippen molar-refractivity contribution in [2.24, 2.45) is 5.73 Å². The molecule has 0 aliphatic heterocycles. The van der Waals surface area contributed by atoms with Crippen LogP contribution >= 0.6 is 11.6 Å². The van der Waals surface area contributed by atoms with E-state index < -0.39 is 5.24 Å². The van der Waals surface area contributed by atoms with Crippen LogP contribution in [0.3, 0.4) is 0 Å². The van der Waals surface area contributed by atoms with Crippen LogP contribution in [0.2, 0.25) is 0 Å². The van der Waals surface area contributed by atoms with Crippen molar-refractivity contribution >= 4 is 22.8 Å². The summed E-state index contributed by atoms with van der Waals surface area (Å²) in [5.41, 5.74) is 6.10. The number of nitrogens with zero attached hydrogens (tertiary/aromatic N) is 1. The van der Waals surface area contributed by atoms with Crippen molar-refractivity contribution in [3.63, 3.8) is 0 Å². The van der Waals surface area contributed by atoms with E-state index in [1.54, 1.807) is 13.8 Å². The Labute approximate surface area is 179 Å². The number of carbonyl (C=O) groups excluding carboxylic acids is 2. The van der Waals surface area contributed by atoms with Gasteiger partial charge in [-0.15, -0.1) is 0 Å². The number of nitrogens with one attached hydrogen (secondary N) is 1. The molecule has 6 heteroatoms. The highest BCUT2D eigenvalue weighted by Crippen LogP contribution is 1.91. The summed E-state index contributed by atoms with van der Waals surface area (Å²) in [6.07, 6.45) is 4.53. The van der Waals surface area contributed by atoms with E-state index in [-0.39, 0.29) is 5.91 Å². The number of unbranched alkanes of at least 4 members (excludes halogenated alkanes) is 2. The molecule has 0 aromatic heterocycles. The summed E-state index contributed by atoms with van der Waals surface area (Å²) in [6.45, 7) is 26.0. The van der Waals surface area contributed by atoms with Gasteiger partial charge in [0.15, 0.2) is 0 Å². The smallest absolute Gasteiger partial charge is 0.247 e. The molecule has 168 valence electrons. The normalized spacial score (nSPS) is 8.93. The minimum Gasteiger partial charge on any atom is -0.352 e. The molecule has 0 bridgehead atoms. The first kappa shape index (κ1) is 34.3. The van der Waals surface area contributed by atoms with Gasteiger partial charge < -0.3 is 16.0 Å². The van der Waals surface area contributed by atoms with Crippen molar-refractivity contribution < 1.29 is 9.59 Å². The first-order valence-corrected chi connectivity index (χ1v) is 10.7. The molecular formula is C22H46ClN3O2. The van der Waals surface area contributed by atoms with Gasteiger partial charge in [-0.2, -0.15) is 0 Å². The van der Waals surface area contributed by atoms with Gasteiger partial charge in [-0.1, -0.05) is 60.6 Å². The fourth-order valence-corrected chi connectivity index (χ4v) is 1.40. The Balaban J connectivity index is -0.000000142.